The largest absolute Gasteiger partial charge is 0.455 e. The molecule has 17 heteroatoms. The fourth-order valence-corrected chi connectivity index (χ4v) is 4.62. The third-order valence-corrected chi connectivity index (χ3v) is 6.82. The van der Waals surface area contributed by atoms with Gasteiger partial charge in [0.15, 0.2) is 17.3 Å². The Kier molecular flexibility index (Phi) is 7.90. The highest BCUT2D eigenvalue weighted by Gasteiger charge is 2.61. The number of hydrogen-bond acceptors (Lipinski definition) is 6. The van der Waals surface area contributed by atoms with E-state index >= 15 is 4.39 Å². The molecule has 1 amide bonds. The first-order chi connectivity index (χ1) is 19.0. The van der Waals surface area contributed by atoms with Crippen LogP contribution in [-0.4, -0.2) is 75.3 Å². The van der Waals surface area contributed by atoms with Gasteiger partial charge in [-0.3, -0.25) is 14.2 Å². The lowest BCUT2D eigenvalue weighted by molar-refractivity contribution is -0.290. The van der Waals surface area contributed by atoms with Crippen molar-refractivity contribution in [2.75, 3.05) is 18.1 Å². The molecule has 1 saturated heterocycles. The summed E-state index contributed by atoms with van der Waals surface area (Å²) in [6.45, 7) is -0.414. The van der Waals surface area contributed by atoms with Gasteiger partial charge in [-0.25, -0.2) is 22.5 Å². The number of nitrogens with zero attached hydrogens (tertiary/aromatic N) is 3. The first kappa shape index (κ1) is 30.4. The molecule has 41 heavy (non-hydrogen) atoms. The number of anilines is 1. The normalized spacial score (nSPS) is 22.8. The number of rotatable bonds is 6. The van der Waals surface area contributed by atoms with E-state index in [0.717, 1.165) is 4.90 Å². The van der Waals surface area contributed by atoms with E-state index < -0.39 is 106 Å². The van der Waals surface area contributed by atoms with Crippen LogP contribution >= 0.6 is 0 Å². The van der Waals surface area contributed by atoms with Crippen LogP contribution in [0.25, 0.3) is 16.7 Å². The standard InChI is InChI=1S/C24H21F9N4O4/c1-9(23(29,30)24(31,32)33)34-22(41)12-7-37(18-13(26)4-10(25)5-14(18)27)20-11(19(12)40)6-15(28)21(35-20)36-3-2-17(39)16(36)8-38/h4,6-7,9-10,16-17,38-39H,2-3,5,8H2,1H3,(H,34,41)/t9?,10?,16-,17-/m0/s1. The number of aromatic nitrogens is 2. The summed E-state index contributed by atoms with van der Waals surface area (Å²) in [5.74, 6) is -12.1. The minimum absolute atomic E-state index is 0.0489. The van der Waals surface area contributed by atoms with Gasteiger partial charge in [0.2, 0.25) is 5.43 Å². The van der Waals surface area contributed by atoms with E-state index in [1.165, 1.54) is 5.32 Å². The monoisotopic (exact) mass is 600 g/mol. The minimum atomic E-state index is -6.09. The van der Waals surface area contributed by atoms with Gasteiger partial charge in [-0.15, -0.1) is 0 Å². The molecule has 0 saturated carbocycles. The van der Waals surface area contributed by atoms with Crippen LogP contribution in [0.2, 0.25) is 0 Å². The van der Waals surface area contributed by atoms with Gasteiger partial charge in [0.25, 0.3) is 5.91 Å². The fraction of sp³-hybridized carbons (Fsp3) is 0.458. The number of fused-ring (bicyclic) bond motifs is 1. The van der Waals surface area contributed by atoms with Crippen molar-refractivity contribution in [1.29, 1.82) is 0 Å². The van der Waals surface area contributed by atoms with E-state index in [2.05, 4.69) is 4.98 Å². The summed E-state index contributed by atoms with van der Waals surface area (Å²) in [7, 11) is 0. The van der Waals surface area contributed by atoms with Crippen LogP contribution in [0.4, 0.5) is 45.3 Å². The molecule has 4 rings (SSSR count). The smallest absolute Gasteiger partial charge is 0.394 e. The summed E-state index contributed by atoms with van der Waals surface area (Å²) in [5, 5.41) is 20.2. The Morgan fingerprint density at radius 1 is 1.22 bits per heavy atom. The summed E-state index contributed by atoms with van der Waals surface area (Å²) >= 11 is 0. The third-order valence-electron chi connectivity index (χ3n) is 6.82. The summed E-state index contributed by atoms with van der Waals surface area (Å²) < 4.78 is 125. The number of aliphatic hydroxyl groups is 2. The number of carbonyl (C=O) groups is 1. The van der Waals surface area contributed by atoms with E-state index in [1.54, 1.807) is 0 Å². The lowest BCUT2D eigenvalue weighted by atomic mass is 10.1. The Morgan fingerprint density at radius 2 is 1.88 bits per heavy atom. The van der Waals surface area contributed by atoms with Crippen molar-refractivity contribution in [3.63, 3.8) is 0 Å². The highest BCUT2D eigenvalue weighted by molar-refractivity contribution is 5.98. The summed E-state index contributed by atoms with van der Waals surface area (Å²) in [4.78, 5) is 30.9. The molecule has 3 N–H and O–H groups in total. The van der Waals surface area contributed by atoms with Gasteiger partial charge in [-0.1, -0.05) is 0 Å². The summed E-state index contributed by atoms with van der Waals surface area (Å²) in [6, 6.07) is -3.49. The Bertz CT molecular complexity index is 1500. The fourth-order valence-electron chi connectivity index (χ4n) is 4.62. The molecule has 1 aliphatic carbocycles. The molecule has 0 aromatic carbocycles. The van der Waals surface area contributed by atoms with Gasteiger partial charge in [-0.05, 0) is 25.5 Å². The maximum Gasteiger partial charge on any atom is 0.455 e. The van der Waals surface area contributed by atoms with Crippen molar-refractivity contribution in [3.05, 3.63) is 51.6 Å². The molecule has 8 nitrogen and oxygen atoms in total. The molecule has 2 aromatic rings. The SMILES string of the molecule is CC(NC(=O)c1cn(C2=C(F)CC(F)C=C2F)c2nc(N3CC[C@H](O)[C@@H]3CO)c(F)cc2c1=O)C(F)(F)C(F)(F)F. The Hall–Kier alpha value is -3.60. The number of aliphatic hydroxyl groups excluding tert-OH is 2. The molecule has 2 unspecified atom stereocenters. The number of amides is 1. The summed E-state index contributed by atoms with van der Waals surface area (Å²) in [6.07, 6.45) is -9.53. The zero-order valence-electron chi connectivity index (χ0n) is 20.8. The minimum Gasteiger partial charge on any atom is -0.394 e. The molecule has 224 valence electrons. The molecular formula is C24H21F9N4O4. The number of pyridine rings is 2. The molecule has 1 fully saturated rings. The summed E-state index contributed by atoms with van der Waals surface area (Å²) in [5.41, 5.74) is -4.45. The predicted molar refractivity (Wildman–Crippen MR) is 126 cm³/mol. The number of alkyl halides is 6. The van der Waals surface area contributed by atoms with Gasteiger partial charge >= 0.3 is 12.1 Å². The lowest BCUT2D eigenvalue weighted by Gasteiger charge is -2.27. The predicted octanol–water partition coefficient (Wildman–Crippen LogP) is 3.52. The molecule has 0 spiro atoms. The Labute approximate surface area is 224 Å². The van der Waals surface area contributed by atoms with Crippen LogP contribution in [-0.2, 0) is 0 Å². The van der Waals surface area contributed by atoms with E-state index in [1.807, 2.05) is 0 Å². The number of carbonyl (C=O) groups excluding carboxylic acids is 1. The zero-order valence-corrected chi connectivity index (χ0v) is 20.8. The van der Waals surface area contributed by atoms with Crippen molar-refractivity contribution >= 4 is 28.5 Å². The van der Waals surface area contributed by atoms with E-state index in [4.69, 9.17) is 0 Å². The first-order valence-corrected chi connectivity index (χ1v) is 12.0. The molecule has 0 bridgehead atoms. The quantitative estimate of drug-likeness (QED) is 0.439. The van der Waals surface area contributed by atoms with Gasteiger partial charge in [-0.2, -0.15) is 22.0 Å². The molecular weight excluding hydrogens is 579 g/mol. The van der Waals surface area contributed by atoms with Crippen molar-refractivity contribution in [2.45, 2.75) is 56.2 Å². The van der Waals surface area contributed by atoms with Gasteiger partial charge in [0.1, 0.15) is 29.1 Å². The molecule has 1 aliphatic heterocycles. The van der Waals surface area contributed by atoms with Crippen LogP contribution in [0.5, 0.6) is 0 Å². The molecule has 2 aliphatic rings. The Balaban J connectivity index is 1.94. The van der Waals surface area contributed by atoms with Crippen molar-refractivity contribution < 1.29 is 54.5 Å². The highest BCUT2D eigenvalue weighted by Crippen LogP contribution is 2.38. The molecule has 4 atom stereocenters. The van der Waals surface area contributed by atoms with E-state index in [-0.39, 0.29) is 13.0 Å². The molecule has 0 radical (unpaired) electrons. The number of halogens is 9. The number of allylic oxidation sites excluding steroid dienone is 4. The van der Waals surface area contributed by atoms with Crippen LogP contribution < -0.4 is 15.6 Å². The highest BCUT2D eigenvalue weighted by atomic mass is 19.4. The van der Waals surface area contributed by atoms with Gasteiger partial charge in [0, 0.05) is 19.2 Å². The number of hydrogen-bond donors (Lipinski definition) is 3. The topological polar surface area (TPSA) is 108 Å². The van der Waals surface area contributed by atoms with E-state index in [9.17, 15) is 54.9 Å². The second-order valence-electron chi connectivity index (χ2n) is 9.51. The second kappa shape index (κ2) is 10.7. The van der Waals surface area contributed by atoms with Crippen LogP contribution in [0.1, 0.15) is 30.1 Å². The van der Waals surface area contributed by atoms with Gasteiger partial charge < -0.3 is 20.4 Å². The zero-order chi connectivity index (χ0) is 30.6. The maximum atomic E-state index is 15.2. The lowest BCUT2D eigenvalue weighted by Crippen LogP contribution is -2.54. The third kappa shape index (κ3) is 5.27. The van der Waals surface area contributed by atoms with Crippen molar-refractivity contribution in [2.24, 2.45) is 0 Å². The van der Waals surface area contributed by atoms with Crippen molar-refractivity contribution in [1.82, 2.24) is 14.9 Å². The second-order valence-corrected chi connectivity index (χ2v) is 9.51. The first-order valence-electron chi connectivity index (χ1n) is 12.0. The average Bonchev–Trinajstić information content (AvgIpc) is 3.23. The van der Waals surface area contributed by atoms with Gasteiger partial charge in [0.05, 0.1) is 30.2 Å². The van der Waals surface area contributed by atoms with Crippen LogP contribution in [0.3, 0.4) is 0 Å². The Morgan fingerprint density at radius 3 is 2.46 bits per heavy atom. The molecule has 2 aromatic heterocycles. The maximum absolute atomic E-state index is 15.2. The van der Waals surface area contributed by atoms with Crippen molar-refractivity contribution in [3.8, 4) is 0 Å². The number of nitrogens with one attached hydrogen (secondary N) is 1. The van der Waals surface area contributed by atoms with E-state index in [0.29, 0.717) is 29.8 Å². The molecule has 3 heterocycles. The van der Waals surface area contributed by atoms with Crippen LogP contribution in [0, 0.1) is 5.82 Å². The van der Waals surface area contributed by atoms with Crippen LogP contribution in [0.15, 0.2) is 34.8 Å². The average molecular weight is 600 g/mol.